The van der Waals surface area contributed by atoms with E-state index >= 15 is 0 Å². The van der Waals surface area contributed by atoms with Gasteiger partial charge in [-0.2, -0.15) is 0 Å². The lowest BCUT2D eigenvalue weighted by atomic mass is 10.2. The molecule has 94 valence electrons. The Balaban J connectivity index is 2.35. The number of rotatable bonds is 5. The second-order valence-corrected chi connectivity index (χ2v) is 3.68. The van der Waals surface area contributed by atoms with E-state index in [9.17, 15) is 0 Å². The van der Waals surface area contributed by atoms with Crippen molar-refractivity contribution < 1.29 is 4.74 Å². The first kappa shape index (κ1) is 12.4. The Morgan fingerprint density at radius 3 is 2.89 bits per heavy atom. The minimum absolute atomic E-state index is 0.416. The van der Waals surface area contributed by atoms with Crippen molar-refractivity contribution in [2.24, 2.45) is 0 Å². The van der Waals surface area contributed by atoms with Crippen LogP contribution in [0.5, 0.6) is 0 Å². The zero-order valence-corrected chi connectivity index (χ0v) is 10.6. The van der Waals surface area contributed by atoms with Crippen LogP contribution < -0.4 is 5.32 Å². The predicted molar refractivity (Wildman–Crippen MR) is 70.1 cm³/mol. The molecule has 5 nitrogen and oxygen atoms in total. The van der Waals surface area contributed by atoms with Crippen LogP contribution in [0.2, 0.25) is 0 Å². The zero-order chi connectivity index (χ0) is 12.8. The van der Waals surface area contributed by atoms with Gasteiger partial charge in [-0.15, -0.1) is 0 Å². The molecule has 18 heavy (non-hydrogen) atoms. The molecule has 2 aromatic heterocycles. The molecule has 5 heteroatoms. The molecule has 0 aliphatic carbocycles. The van der Waals surface area contributed by atoms with Crippen LogP contribution in [0.15, 0.2) is 30.6 Å². The standard InChI is InChI=1S/C13H16N4O/c1-3-18-9-13-16-11(7-12(14-2)17-13)10-5-4-6-15-8-10/h4-8H,3,9H2,1-2H3,(H,14,16,17). The normalized spacial score (nSPS) is 10.3. The van der Waals surface area contributed by atoms with Crippen molar-refractivity contribution in [2.75, 3.05) is 19.0 Å². The smallest absolute Gasteiger partial charge is 0.157 e. The lowest BCUT2D eigenvalue weighted by Crippen LogP contribution is -2.04. The van der Waals surface area contributed by atoms with Crippen LogP contribution in [0.3, 0.4) is 0 Å². The maximum Gasteiger partial charge on any atom is 0.157 e. The number of hydrogen-bond acceptors (Lipinski definition) is 5. The molecule has 1 N–H and O–H groups in total. The van der Waals surface area contributed by atoms with E-state index in [-0.39, 0.29) is 0 Å². The molecule has 0 spiro atoms. The quantitative estimate of drug-likeness (QED) is 0.873. The molecule has 0 amide bonds. The SMILES string of the molecule is CCOCc1nc(NC)cc(-c2cccnc2)n1. The largest absolute Gasteiger partial charge is 0.374 e. The van der Waals surface area contributed by atoms with Crippen LogP contribution >= 0.6 is 0 Å². The van der Waals surface area contributed by atoms with Crippen molar-refractivity contribution >= 4 is 5.82 Å². The fourth-order valence-electron chi connectivity index (χ4n) is 1.55. The van der Waals surface area contributed by atoms with Crippen LogP contribution in [0.25, 0.3) is 11.3 Å². The second kappa shape index (κ2) is 6.07. The highest BCUT2D eigenvalue weighted by atomic mass is 16.5. The second-order valence-electron chi connectivity index (χ2n) is 3.68. The summed E-state index contributed by atoms with van der Waals surface area (Å²) in [4.78, 5) is 12.9. The minimum Gasteiger partial charge on any atom is -0.374 e. The van der Waals surface area contributed by atoms with Gasteiger partial charge in [-0.3, -0.25) is 4.98 Å². The fraction of sp³-hybridized carbons (Fsp3) is 0.308. The summed E-state index contributed by atoms with van der Waals surface area (Å²) in [7, 11) is 1.83. The molecule has 0 atom stereocenters. The predicted octanol–water partition coefficient (Wildman–Crippen LogP) is 2.12. The molecule has 0 aromatic carbocycles. The molecular weight excluding hydrogens is 228 g/mol. The van der Waals surface area contributed by atoms with E-state index in [1.807, 2.05) is 32.2 Å². The van der Waals surface area contributed by atoms with E-state index in [0.29, 0.717) is 19.0 Å². The first-order valence-corrected chi connectivity index (χ1v) is 5.87. The maximum atomic E-state index is 5.34. The van der Waals surface area contributed by atoms with Crippen LogP contribution in [0.1, 0.15) is 12.7 Å². The minimum atomic E-state index is 0.416. The van der Waals surface area contributed by atoms with E-state index in [4.69, 9.17) is 4.74 Å². The van der Waals surface area contributed by atoms with Gasteiger partial charge in [-0.05, 0) is 19.1 Å². The van der Waals surface area contributed by atoms with E-state index in [0.717, 1.165) is 17.1 Å². The van der Waals surface area contributed by atoms with Crippen molar-refractivity contribution in [3.8, 4) is 11.3 Å². The summed E-state index contributed by atoms with van der Waals surface area (Å²) in [6, 6.07) is 5.75. The monoisotopic (exact) mass is 244 g/mol. The zero-order valence-electron chi connectivity index (χ0n) is 10.6. The lowest BCUT2D eigenvalue weighted by Gasteiger charge is -2.07. The highest BCUT2D eigenvalue weighted by Crippen LogP contribution is 2.18. The molecule has 0 unspecified atom stereocenters. The molecule has 0 fully saturated rings. The molecule has 2 heterocycles. The van der Waals surface area contributed by atoms with E-state index in [1.54, 1.807) is 12.4 Å². The summed E-state index contributed by atoms with van der Waals surface area (Å²) in [6.45, 7) is 3.01. The molecule has 2 rings (SSSR count). The summed E-state index contributed by atoms with van der Waals surface area (Å²) in [6.07, 6.45) is 3.52. The van der Waals surface area contributed by atoms with E-state index in [1.165, 1.54) is 0 Å². The van der Waals surface area contributed by atoms with Crippen LogP contribution in [-0.4, -0.2) is 28.6 Å². The molecule has 2 aromatic rings. The number of nitrogens with one attached hydrogen (secondary N) is 1. The van der Waals surface area contributed by atoms with Crippen molar-refractivity contribution in [3.63, 3.8) is 0 Å². The Kier molecular flexibility index (Phi) is 4.20. The van der Waals surface area contributed by atoms with Gasteiger partial charge >= 0.3 is 0 Å². The summed E-state index contributed by atoms with van der Waals surface area (Å²) in [5.74, 6) is 1.45. The highest BCUT2D eigenvalue weighted by Gasteiger charge is 2.06. The van der Waals surface area contributed by atoms with Crippen LogP contribution in [0.4, 0.5) is 5.82 Å². The summed E-state index contributed by atoms with van der Waals surface area (Å²) in [5.41, 5.74) is 1.81. The Labute approximate surface area is 106 Å². The lowest BCUT2D eigenvalue weighted by molar-refractivity contribution is 0.128. The fourth-order valence-corrected chi connectivity index (χ4v) is 1.55. The molecular formula is C13H16N4O. The van der Waals surface area contributed by atoms with Crippen molar-refractivity contribution in [1.29, 1.82) is 0 Å². The van der Waals surface area contributed by atoms with Gasteiger partial charge < -0.3 is 10.1 Å². The average Bonchev–Trinajstić information content (AvgIpc) is 2.45. The van der Waals surface area contributed by atoms with Crippen molar-refractivity contribution in [2.45, 2.75) is 13.5 Å². The topological polar surface area (TPSA) is 59.9 Å². The Bertz CT molecular complexity index is 502. The highest BCUT2D eigenvalue weighted by molar-refractivity contribution is 5.61. The van der Waals surface area contributed by atoms with Crippen molar-refractivity contribution in [3.05, 3.63) is 36.4 Å². The molecule has 0 radical (unpaired) electrons. The first-order valence-electron chi connectivity index (χ1n) is 5.87. The summed E-state index contributed by atoms with van der Waals surface area (Å²) >= 11 is 0. The average molecular weight is 244 g/mol. The third-order valence-electron chi connectivity index (χ3n) is 2.42. The van der Waals surface area contributed by atoms with Gasteiger partial charge in [0.25, 0.3) is 0 Å². The third-order valence-corrected chi connectivity index (χ3v) is 2.42. The van der Waals surface area contributed by atoms with Gasteiger partial charge in [0.2, 0.25) is 0 Å². The number of nitrogens with zero attached hydrogens (tertiary/aromatic N) is 3. The summed E-state index contributed by atoms with van der Waals surface area (Å²) in [5, 5.41) is 3.03. The number of ether oxygens (including phenoxy) is 1. The Hall–Kier alpha value is -2.01. The molecule has 0 aliphatic heterocycles. The van der Waals surface area contributed by atoms with E-state index in [2.05, 4.69) is 20.3 Å². The van der Waals surface area contributed by atoms with Gasteiger partial charge in [0.05, 0.1) is 5.69 Å². The third kappa shape index (κ3) is 3.01. The first-order chi connectivity index (χ1) is 8.83. The van der Waals surface area contributed by atoms with Gasteiger partial charge in [0, 0.05) is 37.7 Å². The molecule has 0 saturated heterocycles. The van der Waals surface area contributed by atoms with Crippen LogP contribution in [-0.2, 0) is 11.3 Å². The molecule has 0 bridgehead atoms. The molecule has 0 aliphatic rings. The van der Waals surface area contributed by atoms with Gasteiger partial charge in [0.15, 0.2) is 5.82 Å². The summed E-state index contributed by atoms with van der Waals surface area (Å²) < 4.78 is 5.34. The van der Waals surface area contributed by atoms with Gasteiger partial charge in [-0.25, -0.2) is 9.97 Å². The van der Waals surface area contributed by atoms with Crippen LogP contribution in [0, 0.1) is 0 Å². The molecule has 0 saturated carbocycles. The van der Waals surface area contributed by atoms with Gasteiger partial charge in [0.1, 0.15) is 12.4 Å². The maximum absolute atomic E-state index is 5.34. The number of aromatic nitrogens is 3. The van der Waals surface area contributed by atoms with E-state index < -0.39 is 0 Å². The Morgan fingerprint density at radius 1 is 1.33 bits per heavy atom. The van der Waals surface area contributed by atoms with Gasteiger partial charge in [-0.1, -0.05) is 0 Å². The number of anilines is 1. The number of pyridine rings is 1. The Morgan fingerprint density at radius 2 is 2.22 bits per heavy atom. The van der Waals surface area contributed by atoms with Crippen molar-refractivity contribution in [1.82, 2.24) is 15.0 Å². The number of hydrogen-bond donors (Lipinski definition) is 1.